The molecule has 176 valence electrons. The van der Waals surface area contributed by atoms with Gasteiger partial charge in [0.15, 0.2) is 24.1 Å². The summed E-state index contributed by atoms with van der Waals surface area (Å²) >= 11 is 2.41. The fourth-order valence-electron chi connectivity index (χ4n) is 3.69. The number of carboxylic acid groups (broad SMARTS) is 2. The maximum atomic E-state index is 12.9. The van der Waals surface area contributed by atoms with Gasteiger partial charge in [-0.3, -0.25) is 19.3 Å². The number of aliphatic carboxylic acids is 2. The molecule has 2 atom stereocenters. The second-order valence-electron chi connectivity index (χ2n) is 7.44. The van der Waals surface area contributed by atoms with Gasteiger partial charge in [0.2, 0.25) is 0 Å². The van der Waals surface area contributed by atoms with E-state index in [0.29, 0.717) is 11.3 Å². The van der Waals surface area contributed by atoms with Crippen LogP contribution in [0, 0.1) is 0 Å². The molecule has 0 bridgehead atoms. The van der Waals surface area contributed by atoms with Gasteiger partial charge in [-0.1, -0.05) is 12.1 Å². The molecule has 4 heterocycles. The molecule has 4 N–H and O–H groups in total. The molecule has 0 saturated carbocycles. The van der Waals surface area contributed by atoms with Crippen LogP contribution in [-0.4, -0.2) is 55.9 Å². The number of carboxylic acids is 2. The maximum Gasteiger partial charge on any atom is 0.307 e. The third-order valence-corrected chi connectivity index (χ3v) is 7.21. The topological polar surface area (TPSA) is 170 Å². The number of aromatic nitrogens is 2. The van der Waals surface area contributed by atoms with Gasteiger partial charge in [-0.2, -0.15) is 0 Å². The molecule has 2 amide bonds. The summed E-state index contributed by atoms with van der Waals surface area (Å²) in [6, 6.07) is 4.47. The van der Waals surface area contributed by atoms with Gasteiger partial charge in [-0.15, -0.1) is 23.1 Å². The fraction of sp³-hybridized carbons (Fsp3) is 0.238. The van der Waals surface area contributed by atoms with Gasteiger partial charge in [-0.05, 0) is 0 Å². The van der Waals surface area contributed by atoms with Crippen LogP contribution in [0.1, 0.15) is 12.1 Å². The lowest BCUT2D eigenvalue weighted by Gasteiger charge is -2.50. The predicted octanol–water partition coefficient (Wildman–Crippen LogP) is -1.02. The molecule has 2 aromatic rings. The van der Waals surface area contributed by atoms with Gasteiger partial charge in [0, 0.05) is 28.8 Å². The molecule has 1 saturated heterocycles. The lowest BCUT2D eigenvalue weighted by atomic mass is 10.0. The molecule has 0 spiro atoms. The molecule has 4 rings (SSSR count). The largest absolute Gasteiger partial charge is 0.543 e. The van der Waals surface area contributed by atoms with E-state index in [0.717, 1.165) is 16.2 Å². The van der Waals surface area contributed by atoms with Crippen molar-refractivity contribution in [2.75, 3.05) is 11.5 Å². The van der Waals surface area contributed by atoms with Crippen molar-refractivity contribution in [3.8, 4) is 0 Å². The van der Waals surface area contributed by atoms with Gasteiger partial charge in [0.05, 0.1) is 29.4 Å². The standard InChI is InChI=1S/C21H19N5O6S2/c22-21-23-13(10-34-21)12(4-5-14(27)28)17(29)24-15-18(30)26-16(20(31)32)11(9-33-19(15)26)8-25-6-2-1-3-7-25/h1-4,6-7,10,15,19H,5,8-9H2,(H4-,22,23,24,27,28,29,31,32)/b12-4+/t15-,19-/m1/s1. The number of hydrogen-bond acceptors (Lipinski definition) is 9. The van der Waals surface area contributed by atoms with E-state index in [-0.39, 0.29) is 28.6 Å². The van der Waals surface area contributed by atoms with Gasteiger partial charge < -0.3 is 26.1 Å². The Bertz CT molecular complexity index is 1230. The Morgan fingerprint density at radius 1 is 1.32 bits per heavy atom. The van der Waals surface area contributed by atoms with Crippen LogP contribution in [-0.2, 0) is 25.7 Å². The molecule has 2 aliphatic rings. The first-order chi connectivity index (χ1) is 16.3. The second kappa shape index (κ2) is 9.65. The first-order valence-corrected chi connectivity index (χ1v) is 12.0. The van der Waals surface area contributed by atoms with E-state index in [1.807, 2.05) is 18.2 Å². The fourth-order valence-corrected chi connectivity index (χ4v) is 5.58. The molecule has 0 radical (unpaired) electrons. The molecule has 2 aromatic heterocycles. The predicted molar refractivity (Wildman–Crippen MR) is 120 cm³/mol. The Balaban J connectivity index is 1.54. The Labute approximate surface area is 201 Å². The van der Waals surface area contributed by atoms with Crippen LogP contribution in [0.5, 0.6) is 0 Å². The first kappa shape index (κ1) is 23.4. The number of hydrogen-bond donors (Lipinski definition) is 3. The molecule has 13 heteroatoms. The third-order valence-electron chi connectivity index (χ3n) is 5.20. The lowest BCUT2D eigenvalue weighted by molar-refractivity contribution is -0.689. The van der Waals surface area contributed by atoms with E-state index in [9.17, 15) is 24.3 Å². The number of fused-ring (bicyclic) bond motifs is 1. The number of nitrogens with zero attached hydrogens (tertiary/aromatic N) is 3. The quantitative estimate of drug-likeness (QED) is 0.233. The summed E-state index contributed by atoms with van der Waals surface area (Å²) in [4.78, 5) is 53.9. The number of thiazole rings is 1. The van der Waals surface area contributed by atoms with Crippen LogP contribution < -0.4 is 20.7 Å². The zero-order valence-corrected chi connectivity index (χ0v) is 19.2. The Morgan fingerprint density at radius 3 is 2.68 bits per heavy atom. The van der Waals surface area contributed by atoms with Crippen molar-refractivity contribution >= 4 is 57.6 Å². The Morgan fingerprint density at radius 2 is 2.06 bits per heavy atom. The van der Waals surface area contributed by atoms with E-state index < -0.39 is 41.6 Å². The number of nitrogen functional groups attached to an aromatic ring is 1. The summed E-state index contributed by atoms with van der Waals surface area (Å²) in [7, 11) is 0. The normalized spacial score (nSPS) is 19.9. The lowest BCUT2D eigenvalue weighted by Crippen LogP contribution is -2.71. The molecular weight excluding hydrogens is 482 g/mol. The van der Waals surface area contributed by atoms with Crippen molar-refractivity contribution in [1.82, 2.24) is 15.2 Å². The van der Waals surface area contributed by atoms with Crippen molar-refractivity contribution in [3.63, 3.8) is 0 Å². The number of rotatable bonds is 8. The monoisotopic (exact) mass is 501 g/mol. The van der Waals surface area contributed by atoms with E-state index >= 15 is 0 Å². The molecule has 34 heavy (non-hydrogen) atoms. The number of thioether (sulfide) groups is 1. The van der Waals surface area contributed by atoms with Crippen LogP contribution in [0.25, 0.3) is 5.57 Å². The van der Waals surface area contributed by atoms with Gasteiger partial charge in [-0.25, -0.2) is 9.55 Å². The van der Waals surface area contributed by atoms with E-state index in [1.54, 1.807) is 17.0 Å². The maximum absolute atomic E-state index is 12.9. The molecule has 1 fully saturated rings. The molecule has 11 nitrogen and oxygen atoms in total. The van der Waals surface area contributed by atoms with Crippen molar-refractivity contribution in [2.24, 2.45) is 0 Å². The first-order valence-electron chi connectivity index (χ1n) is 10.0. The highest BCUT2D eigenvalue weighted by Crippen LogP contribution is 2.40. The van der Waals surface area contributed by atoms with Crippen LogP contribution >= 0.6 is 23.1 Å². The molecule has 0 aromatic carbocycles. The number of nitrogens with two attached hydrogens (primary N) is 1. The summed E-state index contributed by atoms with van der Waals surface area (Å²) in [6.45, 7) is 0.276. The number of carbonyl (C=O) groups excluding carboxylic acids is 3. The summed E-state index contributed by atoms with van der Waals surface area (Å²) in [5, 5.41) is 24.6. The molecular formula is C21H19N5O6S2. The average Bonchev–Trinajstić information content (AvgIpc) is 3.23. The van der Waals surface area contributed by atoms with Crippen molar-refractivity contribution in [2.45, 2.75) is 24.4 Å². The van der Waals surface area contributed by atoms with E-state index in [4.69, 9.17) is 10.8 Å². The second-order valence-corrected chi connectivity index (χ2v) is 9.43. The van der Waals surface area contributed by atoms with Crippen LogP contribution in [0.2, 0.25) is 0 Å². The number of carbonyl (C=O) groups is 4. The number of anilines is 1. The van der Waals surface area contributed by atoms with Crippen LogP contribution in [0.15, 0.2) is 53.3 Å². The number of amides is 2. The SMILES string of the molecule is Nc1nc(/C(=C\CC(=O)O)C(=O)N[C@@H]2C(=O)N3C(C(=O)[O-])=C(C[n+]4ccccc4)CS[C@H]23)cs1. The van der Waals surface area contributed by atoms with Crippen molar-refractivity contribution < 1.29 is 34.0 Å². The number of β-lactam (4-membered cyclic amide) rings is 1. The highest BCUT2D eigenvalue weighted by Gasteiger charge is 2.53. The van der Waals surface area contributed by atoms with E-state index in [1.165, 1.54) is 23.2 Å². The number of nitrogens with one attached hydrogen (secondary N) is 1. The van der Waals surface area contributed by atoms with Crippen molar-refractivity contribution in [3.05, 3.63) is 59.0 Å². The van der Waals surface area contributed by atoms with Gasteiger partial charge in [0.1, 0.15) is 11.4 Å². The molecule has 0 unspecified atom stereocenters. The minimum atomic E-state index is -1.46. The Kier molecular flexibility index (Phi) is 6.65. The Hall–Kier alpha value is -3.71. The third kappa shape index (κ3) is 4.65. The summed E-state index contributed by atoms with van der Waals surface area (Å²) < 4.78 is 1.79. The molecule has 2 aliphatic heterocycles. The molecule has 0 aliphatic carbocycles. The summed E-state index contributed by atoms with van der Waals surface area (Å²) in [6.07, 6.45) is 4.34. The van der Waals surface area contributed by atoms with Crippen molar-refractivity contribution in [1.29, 1.82) is 0 Å². The van der Waals surface area contributed by atoms with Crippen LogP contribution in [0.4, 0.5) is 5.13 Å². The zero-order valence-electron chi connectivity index (χ0n) is 17.5. The van der Waals surface area contributed by atoms with Crippen LogP contribution in [0.3, 0.4) is 0 Å². The number of pyridine rings is 1. The highest BCUT2D eigenvalue weighted by atomic mass is 32.2. The smallest absolute Gasteiger partial charge is 0.307 e. The average molecular weight is 502 g/mol. The minimum absolute atomic E-state index is 0.0285. The highest BCUT2D eigenvalue weighted by molar-refractivity contribution is 8.00. The van der Waals surface area contributed by atoms with Gasteiger partial charge >= 0.3 is 5.97 Å². The minimum Gasteiger partial charge on any atom is -0.543 e. The zero-order chi connectivity index (χ0) is 24.4. The summed E-state index contributed by atoms with van der Waals surface area (Å²) in [5.74, 6) is -3.56. The van der Waals surface area contributed by atoms with E-state index in [2.05, 4.69) is 10.3 Å². The van der Waals surface area contributed by atoms with Gasteiger partial charge in [0.25, 0.3) is 11.8 Å². The summed E-state index contributed by atoms with van der Waals surface area (Å²) in [5.41, 5.74) is 6.13.